The average molecular weight is 367 g/mol. The first-order valence-electron chi connectivity index (χ1n) is 9.35. The third-order valence-corrected chi connectivity index (χ3v) is 4.43. The van der Waals surface area contributed by atoms with Crippen LogP contribution in [0.1, 0.15) is 36.3 Å². The molecule has 0 unspecified atom stereocenters. The molecule has 0 saturated heterocycles. The number of hydrogen-bond donors (Lipinski definition) is 2. The molecular formula is C22H29N3O2. The second kappa shape index (κ2) is 11.7. The Labute approximate surface area is 161 Å². The number of methoxy groups -OCH3 is 1. The Balaban J connectivity index is 1.88. The molecule has 0 heterocycles. The lowest BCUT2D eigenvalue weighted by atomic mass is 9.91. The summed E-state index contributed by atoms with van der Waals surface area (Å²) in [5.74, 6) is 0.848. The van der Waals surface area contributed by atoms with E-state index in [0.29, 0.717) is 6.42 Å². The highest BCUT2D eigenvalue weighted by molar-refractivity contribution is 5.79. The molecule has 0 radical (unpaired) electrons. The van der Waals surface area contributed by atoms with Gasteiger partial charge in [0.25, 0.3) is 0 Å². The van der Waals surface area contributed by atoms with Crippen molar-refractivity contribution >= 4 is 11.9 Å². The fraction of sp³-hybridized carbons (Fsp3) is 0.364. The predicted molar refractivity (Wildman–Crippen MR) is 110 cm³/mol. The van der Waals surface area contributed by atoms with E-state index < -0.39 is 0 Å². The molecule has 2 aromatic carbocycles. The molecule has 0 bridgehead atoms. The molecular weight excluding hydrogens is 338 g/mol. The maximum Gasteiger partial charge on any atom is 0.305 e. The highest BCUT2D eigenvalue weighted by Crippen LogP contribution is 2.23. The van der Waals surface area contributed by atoms with Gasteiger partial charge in [-0.25, -0.2) is 0 Å². The number of esters is 1. The van der Waals surface area contributed by atoms with Crippen LogP contribution in [0.2, 0.25) is 0 Å². The Bertz CT molecular complexity index is 663. The van der Waals surface area contributed by atoms with Crippen LogP contribution in [0.3, 0.4) is 0 Å². The van der Waals surface area contributed by atoms with Gasteiger partial charge in [0, 0.05) is 32.5 Å². The Morgan fingerprint density at radius 3 is 2.07 bits per heavy atom. The maximum atomic E-state index is 11.1. The Morgan fingerprint density at radius 1 is 0.963 bits per heavy atom. The zero-order valence-electron chi connectivity index (χ0n) is 16.2. The number of carbonyl (C=O) groups excluding carboxylic acids is 1. The molecule has 27 heavy (non-hydrogen) atoms. The molecule has 0 aliphatic rings. The fourth-order valence-electron chi connectivity index (χ4n) is 2.92. The SMILES string of the molecule is CN=C(NCCCCC(=O)OC)NCC(c1ccccc1)c1ccccc1. The van der Waals surface area contributed by atoms with Crippen molar-refractivity contribution in [1.82, 2.24) is 10.6 Å². The van der Waals surface area contributed by atoms with Gasteiger partial charge in [0.1, 0.15) is 0 Å². The van der Waals surface area contributed by atoms with Crippen molar-refractivity contribution in [2.45, 2.75) is 25.2 Å². The lowest BCUT2D eigenvalue weighted by molar-refractivity contribution is -0.140. The van der Waals surface area contributed by atoms with Crippen LogP contribution in [-0.2, 0) is 9.53 Å². The molecule has 0 aliphatic heterocycles. The number of guanidine groups is 1. The molecule has 0 aliphatic carbocycles. The van der Waals surface area contributed by atoms with Gasteiger partial charge in [-0.2, -0.15) is 0 Å². The smallest absolute Gasteiger partial charge is 0.305 e. The molecule has 0 amide bonds. The summed E-state index contributed by atoms with van der Waals surface area (Å²) in [4.78, 5) is 15.4. The number of nitrogens with zero attached hydrogens (tertiary/aromatic N) is 1. The lowest BCUT2D eigenvalue weighted by Crippen LogP contribution is -2.40. The minimum atomic E-state index is -0.161. The highest BCUT2D eigenvalue weighted by Gasteiger charge is 2.14. The standard InChI is InChI=1S/C22H29N3O2/c1-23-22(24-16-10-9-15-21(26)27-2)25-17-20(18-11-5-3-6-12-18)19-13-7-4-8-14-19/h3-8,11-14,20H,9-10,15-17H2,1-2H3,(H2,23,24,25). The number of ether oxygens (including phenoxy) is 1. The lowest BCUT2D eigenvalue weighted by Gasteiger charge is -2.20. The third kappa shape index (κ3) is 7.13. The molecule has 0 aromatic heterocycles. The monoisotopic (exact) mass is 367 g/mol. The van der Waals surface area contributed by atoms with Crippen molar-refractivity contribution in [2.24, 2.45) is 4.99 Å². The molecule has 0 spiro atoms. The van der Waals surface area contributed by atoms with Gasteiger partial charge in [-0.1, -0.05) is 60.7 Å². The van der Waals surface area contributed by atoms with Crippen molar-refractivity contribution in [2.75, 3.05) is 27.2 Å². The summed E-state index contributed by atoms with van der Waals surface area (Å²) in [7, 11) is 3.19. The number of rotatable bonds is 9. The van der Waals surface area contributed by atoms with Crippen LogP contribution < -0.4 is 10.6 Å². The quantitative estimate of drug-likeness (QED) is 0.309. The second-order valence-electron chi connectivity index (χ2n) is 6.29. The van der Waals surface area contributed by atoms with E-state index in [0.717, 1.165) is 31.9 Å². The summed E-state index contributed by atoms with van der Waals surface area (Å²) >= 11 is 0. The summed E-state index contributed by atoms with van der Waals surface area (Å²) in [5.41, 5.74) is 2.54. The number of unbranched alkanes of at least 4 members (excludes halogenated alkanes) is 1. The van der Waals surface area contributed by atoms with Crippen LogP contribution in [-0.4, -0.2) is 39.2 Å². The minimum Gasteiger partial charge on any atom is -0.469 e. The van der Waals surface area contributed by atoms with Gasteiger partial charge >= 0.3 is 5.97 Å². The second-order valence-corrected chi connectivity index (χ2v) is 6.29. The zero-order valence-corrected chi connectivity index (χ0v) is 16.2. The number of hydrogen-bond acceptors (Lipinski definition) is 3. The van der Waals surface area contributed by atoms with Crippen molar-refractivity contribution in [3.8, 4) is 0 Å². The van der Waals surface area contributed by atoms with Crippen LogP contribution in [0.5, 0.6) is 0 Å². The highest BCUT2D eigenvalue weighted by atomic mass is 16.5. The van der Waals surface area contributed by atoms with Gasteiger partial charge < -0.3 is 15.4 Å². The molecule has 0 saturated carbocycles. The number of nitrogens with one attached hydrogen (secondary N) is 2. The van der Waals surface area contributed by atoms with Crippen LogP contribution in [0.25, 0.3) is 0 Å². The molecule has 2 rings (SSSR count). The van der Waals surface area contributed by atoms with Crippen molar-refractivity contribution in [1.29, 1.82) is 0 Å². The van der Waals surface area contributed by atoms with Gasteiger partial charge in [0.2, 0.25) is 0 Å². The fourth-order valence-corrected chi connectivity index (χ4v) is 2.92. The summed E-state index contributed by atoms with van der Waals surface area (Å²) in [5, 5.41) is 6.73. The summed E-state index contributed by atoms with van der Waals surface area (Å²) in [6.45, 7) is 1.51. The van der Waals surface area contributed by atoms with Crippen LogP contribution in [0, 0.1) is 0 Å². The summed E-state index contributed by atoms with van der Waals surface area (Å²) < 4.78 is 4.65. The van der Waals surface area contributed by atoms with Gasteiger partial charge in [-0.05, 0) is 24.0 Å². The van der Waals surface area contributed by atoms with Crippen molar-refractivity contribution < 1.29 is 9.53 Å². The van der Waals surface area contributed by atoms with Gasteiger partial charge in [0.05, 0.1) is 7.11 Å². The first-order chi connectivity index (χ1) is 13.2. The molecule has 5 nitrogen and oxygen atoms in total. The number of aliphatic imine (C=N–C) groups is 1. The van der Waals surface area contributed by atoms with E-state index in [1.165, 1.54) is 18.2 Å². The Morgan fingerprint density at radius 2 is 1.56 bits per heavy atom. The van der Waals surface area contributed by atoms with E-state index in [1.54, 1.807) is 7.05 Å². The van der Waals surface area contributed by atoms with Gasteiger partial charge in [-0.15, -0.1) is 0 Å². The molecule has 2 N–H and O–H groups in total. The number of benzene rings is 2. The molecule has 5 heteroatoms. The van der Waals surface area contributed by atoms with Crippen LogP contribution >= 0.6 is 0 Å². The van der Waals surface area contributed by atoms with Crippen molar-refractivity contribution in [3.63, 3.8) is 0 Å². The van der Waals surface area contributed by atoms with E-state index in [4.69, 9.17) is 0 Å². The largest absolute Gasteiger partial charge is 0.469 e. The van der Waals surface area contributed by atoms with E-state index in [-0.39, 0.29) is 11.9 Å². The van der Waals surface area contributed by atoms with Gasteiger partial charge in [0.15, 0.2) is 5.96 Å². The maximum absolute atomic E-state index is 11.1. The molecule has 144 valence electrons. The average Bonchev–Trinajstić information content (AvgIpc) is 2.73. The predicted octanol–water partition coefficient (Wildman–Crippen LogP) is 3.33. The van der Waals surface area contributed by atoms with Crippen molar-refractivity contribution in [3.05, 3.63) is 71.8 Å². The minimum absolute atomic E-state index is 0.161. The first kappa shape index (κ1) is 20.5. The summed E-state index contributed by atoms with van der Waals surface area (Å²) in [6.07, 6.45) is 2.14. The molecule has 0 atom stereocenters. The molecule has 2 aromatic rings. The number of carbonyl (C=O) groups is 1. The topological polar surface area (TPSA) is 62.7 Å². The van der Waals surface area contributed by atoms with E-state index >= 15 is 0 Å². The zero-order chi connectivity index (χ0) is 19.3. The first-order valence-corrected chi connectivity index (χ1v) is 9.35. The Kier molecular flexibility index (Phi) is 8.90. The van der Waals surface area contributed by atoms with E-state index in [9.17, 15) is 4.79 Å². The van der Waals surface area contributed by atoms with E-state index in [2.05, 4.69) is 68.9 Å². The van der Waals surface area contributed by atoms with Crippen LogP contribution in [0.4, 0.5) is 0 Å². The normalized spacial score (nSPS) is 11.3. The van der Waals surface area contributed by atoms with E-state index in [1.807, 2.05) is 12.1 Å². The third-order valence-electron chi connectivity index (χ3n) is 4.43. The van der Waals surface area contributed by atoms with Crippen LogP contribution in [0.15, 0.2) is 65.7 Å². The molecule has 0 fully saturated rings. The Hall–Kier alpha value is -2.82. The van der Waals surface area contributed by atoms with Gasteiger partial charge in [-0.3, -0.25) is 9.79 Å². The summed E-state index contributed by atoms with van der Waals surface area (Å²) in [6, 6.07) is 21.0.